The number of carbonyl (C=O) groups excluding carboxylic acids is 1. The van der Waals surface area contributed by atoms with Crippen LogP contribution in [0.4, 0.5) is 4.79 Å². The van der Waals surface area contributed by atoms with Crippen molar-refractivity contribution >= 4 is 12.0 Å². The van der Waals surface area contributed by atoms with Crippen LogP contribution >= 0.6 is 0 Å². The number of urea groups is 1. The average molecular weight is 286 g/mol. The SMILES string of the molecule is CC(C)C[C@@H](NC(=O)NCCOC1CCCC1)C(=O)O. The zero-order chi connectivity index (χ0) is 15.0. The van der Waals surface area contributed by atoms with Crippen LogP contribution in [0.15, 0.2) is 0 Å². The van der Waals surface area contributed by atoms with Crippen molar-refractivity contribution in [3.05, 3.63) is 0 Å². The summed E-state index contributed by atoms with van der Waals surface area (Å²) in [6, 6.07) is -1.29. The summed E-state index contributed by atoms with van der Waals surface area (Å²) in [5.74, 6) is -0.793. The largest absolute Gasteiger partial charge is 0.480 e. The minimum Gasteiger partial charge on any atom is -0.480 e. The number of ether oxygens (including phenoxy) is 1. The maximum atomic E-state index is 11.6. The number of hydrogen-bond donors (Lipinski definition) is 3. The molecule has 6 nitrogen and oxygen atoms in total. The van der Waals surface area contributed by atoms with E-state index in [-0.39, 0.29) is 5.92 Å². The summed E-state index contributed by atoms with van der Waals surface area (Å²) >= 11 is 0. The van der Waals surface area contributed by atoms with E-state index < -0.39 is 18.0 Å². The van der Waals surface area contributed by atoms with E-state index >= 15 is 0 Å². The van der Waals surface area contributed by atoms with Gasteiger partial charge in [-0.1, -0.05) is 26.7 Å². The molecule has 0 radical (unpaired) electrons. The van der Waals surface area contributed by atoms with E-state index in [1.54, 1.807) is 0 Å². The van der Waals surface area contributed by atoms with Crippen molar-refractivity contribution in [2.75, 3.05) is 13.2 Å². The number of amides is 2. The quantitative estimate of drug-likeness (QED) is 0.593. The van der Waals surface area contributed by atoms with E-state index in [0.29, 0.717) is 25.7 Å². The lowest BCUT2D eigenvalue weighted by atomic mass is 10.0. The summed E-state index contributed by atoms with van der Waals surface area (Å²) < 4.78 is 5.61. The Bertz CT molecular complexity index is 314. The minimum absolute atomic E-state index is 0.210. The summed E-state index contributed by atoms with van der Waals surface area (Å²) in [5.41, 5.74) is 0. The third kappa shape index (κ3) is 6.75. The number of hydrogen-bond acceptors (Lipinski definition) is 3. The molecular weight excluding hydrogens is 260 g/mol. The zero-order valence-electron chi connectivity index (χ0n) is 12.4. The maximum absolute atomic E-state index is 11.6. The molecule has 0 aromatic rings. The molecule has 3 N–H and O–H groups in total. The molecule has 1 saturated carbocycles. The standard InChI is InChI=1S/C14H26N2O4/c1-10(2)9-12(13(17)18)16-14(19)15-7-8-20-11-5-3-4-6-11/h10-12H,3-9H2,1-2H3,(H,17,18)(H2,15,16,19)/t12-/m1/s1. The van der Waals surface area contributed by atoms with E-state index in [4.69, 9.17) is 9.84 Å². The van der Waals surface area contributed by atoms with Crippen molar-refractivity contribution in [3.63, 3.8) is 0 Å². The first kappa shape index (κ1) is 16.8. The van der Waals surface area contributed by atoms with Crippen LogP contribution in [0, 0.1) is 5.92 Å². The second-order valence-corrected chi connectivity index (χ2v) is 5.70. The fourth-order valence-electron chi connectivity index (χ4n) is 2.35. The fraction of sp³-hybridized carbons (Fsp3) is 0.857. The summed E-state index contributed by atoms with van der Waals surface area (Å²) in [6.45, 7) is 4.71. The molecule has 0 heterocycles. The molecule has 2 amide bonds. The molecule has 1 aliphatic rings. The monoisotopic (exact) mass is 286 g/mol. The van der Waals surface area contributed by atoms with Crippen molar-refractivity contribution in [3.8, 4) is 0 Å². The molecule has 0 unspecified atom stereocenters. The number of nitrogens with one attached hydrogen (secondary N) is 2. The Morgan fingerprint density at radius 2 is 1.95 bits per heavy atom. The molecule has 6 heteroatoms. The Labute approximate surface area is 120 Å². The predicted octanol–water partition coefficient (Wildman–Crippen LogP) is 1.74. The van der Waals surface area contributed by atoms with Crippen LogP contribution in [0.1, 0.15) is 46.0 Å². The summed E-state index contributed by atoms with van der Waals surface area (Å²) in [5, 5.41) is 14.1. The third-order valence-electron chi connectivity index (χ3n) is 3.35. The number of carboxylic acids is 1. The molecule has 0 aromatic heterocycles. The van der Waals surface area contributed by atoms with E-state index in [1.807, 2.05) is 13.8 Å². The van der Waals surface area contributed by atoms with Crippen molar-refractivity contribution < 1.29 is 19.4 Å². The third-order valence-corrected chi connectivity index (χ3v) is 3.35. The summed E-state index contributed by atoms with van der Waals surface area (Å²) in [6.07, 6.45) is 5.37. The molecule has 20 heavy (non-hydrogen) atoms. The molecule has 1 atom stereocenters. The van der Waals surface area contributed by atoms with Gasteiger partial charge in [0.2, 0.25) is 0 Å². The number of carbonyl (C=O) groups is 2. The molecule has 0 spiro atoms. The lowest BCUT2D eigenvalue weighted by molar-refractivity contribution is -0.139. The Hall–Kier alpha value is -1.30. The van der Waals surface area contributed by atoms with Crippen molar-refractivity contribution in [2.45, 2.75) is 58.1 Å². The first-order chi connectivity index (χ1) is 9.49. The Balaban J connectivity index is 2.15. The van der Waals surface area contributed by atoms with Crippen LogP contribution in [0.2, 0.25) is 0 Å². The second kappa shape index (κ2) is 8.79. The van der Waals surface area contributed by atoms with Gasteiger partial charge in [-0.3, -0.25) is 0 Å². The fourth-order valence-corrected chi connectivity index (χ4v) is 2.35. The van der Waals surface area contributed by atoms with Crippen LogP contribution in [0.25, 0.3) is 0 Å². The molecular formula is C14H26N2O4. The van der Waals surface area contributed by atoms with Crippen LogP contribution in [-0.2, 0) is 9.53 Å². The highest BCUT2D eigenvalue weighted by atomic mass is 16.5. The van der Waals surface area contributed by atoms with Gasteiger partial charge in [-0.2, -0.15) is 0 Å². The Morgan fingerprint density at radius 3 is 2.50 bits per heavy atom. The van der Waals surface area contributed by atoms with E-state index in [1.165, 1.54) is 12.8 Å². The van der Waals surface area contributed by atoms with Crippen LogP contribution in [0.5, 0.6) is 0 Å². The Morgan fingerprint density at radius 1 is 1.30 bits per heavy atom. The highest BCUT2D eigenvalue weighted by molar-refractivity contribution is 5.82. The van der Waals surface area contributed by atoms with Crippen LogP contribution in [-0.4, -0.2) is 42.4 Å². The van der Waals surface area contributed by atoms with Gasteiger partial charge in [-0.15, -0.1) is 0 Å². The summed E-state index contributed by atoms with van der Waals surface area (Å²) in [7, 11) is 0. The van der Waals surface area contributed by atoms with Gasteiger partial charge in [-0.25, -0.2) is 9.59 Å². The van der Waals surface area contributed by atoms with Crippen molar-refractivity contribution in [1.29, 1.82) is 0 Å². The first-order valence-electron chi connectivity index (χ1n) is 7.37. The van der Waals surface area contributed by atoms with Gasteiger partial charge < -0.3 is 20.5 Å². The Kier molecular flexibility index (Phi) is 7.36. The molecule has 0 aliphatic heterocycles. The molecule has 1 rings (SSSR count). The first-order valence-corrected chi connectivity index (χ1v) is 7.37. The number of carboxylic acid groups (broad SMARTS) is 1. The number of rotatable bonds is 8. The average Bonchev–Trinajstić information content (AvgIpc) is 2.86. The van der Waals surface area contributed by atoms with Crippen molar-refractivity contribution in [1.82, 2.24) is 10.6 Å². The van der Waals surface area contributed by atoms with Gasteiger partial charge in [0.15, 0.2) is 0 Å². The van der Waals surface area contributed by atoms with E-state index in [9.17, 15) is 9.59 Å². The van der Waals surface area contributed by atoms with E-state index in [2.05, 4.69) is 10.6 Å². The van der Waals surface area contributed by atoms with Gasteiger partial charge in [0.1, 0.15) is 6.04 Å². The molecule has 0 saturated heterocycles. The van der Waals surface area contributed by atoms with Gasteiger partial charge in [-0.05, 0) is 25.2 Å². The normalized spacial score (nSPS) is 17.1. The van der Waals surface area contributed by atoms with Gasteiger partial charge in [0, 0.05) is 6.54 Å². The molecule has 1 aliphatic carbocycles. The summed E-state index contributed by atoms with van der Waals surface area (Å²) in [4.78, 5) is 22.6. The van der Waals surface area contributed by atoms with Gasteiger partial charge in [0.05, 0.1) is 12.7 Å². The predicted molar refractivity (Wildman–Crippen MR) is 75.6 cm³/mol. The van der Waals surface area contributed by atoms with Gasteiger partial charge in [0.25, 0.3) is 0 Å². The number of aliphatic carboxylic acids is 1. The highest BCUT2D eigenvalue weighted by Crippen LogP contribution is 2.20. The zero-order valence-corrected chi connectivity index (χ0v) is 12.4. The highest BCUT2D eigenvalue weighted by Gasteiger charge is 2.21. The second-order valence-electron chi connectivity index (χ2n) is 5.70. The topological polar surface area (TPSA) is 87.7 Å². The van der Waals surface area contributed by atoms with Crippen LogP contribution in [0.3, 0.4) is 0 Å². The molecule has 116 valence electrons. The van der Waals surface area contributed by atoms with E-state index in [0.717, 1.165) is 12.8 Å². The minimum atomic E-state index is -1.00. The molecule has 1 fully saturated rings. The van der Waals surface area contributed by atoms with Crippen LogP contribution < -0.4 is 10.6 Å². The van der Waals surface area contributed by atoms with Gasteiger partial charge >= 0.3 is 12.0 Å². The maximum Gasteiger partial charge on any atom is 0.326 e. The van der Waals surface area contributed by atoms with Crippen molar-refractivity contribution in [2.24, 2.45) is 5.92 Å². The molecule has 0 bridgehead atoms. The lowest BCUT2D eigenvalue weighted by Gasteiger charge is -2.17. The smallest absolute Gasteiger partial charge is 0.326 e. The molecule has 0 aromatic carbocycles. The lowest BCUT2D eigenvalue weighted by Crippen LogP contribution is -2.47.